The van der Waals surface area contributed by atoms with Crippen LogP contribution in [0.25, 0.3) is 10.9 Å². The largest absolute Gasteiger partial charge is 0.367 e. The van der Waals surface area contributed by atoms with Gasteiger partial charge in [-0.3, -0.25) is 9.78 Å². The van der Waals surface area contributed by atoms with Gasteiger partial charge in [-0.2, -0.15) is 0 Å². The van der Waals surface area contributed by atoms with Crippen molar-refractivity contribution in [3.8, 4) is 0 Å². The molecule has 2 aromatic heterocycles. The number of fused-ring (bicyclic) bond motifs is 1. The third-order valence-electron chi connectivity index (χ3n) is 3.79. The van der Waals surface area contributed by atoms with Crippen LogP contribution in [0.2, 0.25) is 0 Å². The molecule has 4 rings (SSSR count). The molecule has 1 aliphatic carbocycles. The van der Waals surface area contributed by atoms with Crippen molar-refractivity contribution in [2.24, 2.45) is 0 Å². The number of benzene rings is 1. The fraction of sp³-hybridized carbons (Fsp3) is 0.167. The molecule has 2 heterocycles. The summed E-state index contributed by atoms with van der Waals surface area (Å²) in [6, 6.07) is 15.5. The predicted octanol–water partition coefficient (Wildman–Crippen LogP) is 3.46. The normalized spacial score (nSPS) is 13.7. The Kier molecular flexibility index (Phi) is 3.38. The summed E-state index contributed by atoms with van der Waals surface area (Å²) in [5.41, 5.74) is 1.86. The predicted molar refractivity (Wildman–Crippen MR) is 90.6 cm³/mol. The van der Waals surface area contributed by atoms with Crippen LogP contribution in [0, 0.1) is 0 Å². The van der Waals surface area contributed by atoms with Crippen molar-refractivity contribution in [1.82, 2.24) is 9.97 Å². The maximum Gasteiger partial charge on any atom is 0.274 e. The molecule has 2 N–H and O–H groups in total. The van der Waals surface area contributed by atoms with Gasteiger partial charge >= 0.3 is 0 Å². The van der Waals surface area contributed by atoms with E-state index in [2.05, 4.69) is 20.6 Å². The van der Waals surface area contributed by atoms with Crippen LogP contribution in [0.15, 0.2) is 54.7 Å². The Balaban J connectivity index is 1.59. The number of para-hydroxylation sites is 1. The summed E-state index contributed by atoms with van der Waals surface area (Å²) in [6.07, 6.45) is 4.05. The van der Waals surface area contributed by atoms with E-state index in [0.717, 1.165) is 16.7 Å². The fourth-order valence-corrected chi connectivity index (χ4v) is 2.47. The first-order valence-corrected chi connectivity index (χ1v) is 7.68. The number of pyridine rings is 2. The Bertz CT molecular complexity index is 868. The molecule has 0 atom stereocenters. The van der Waals surface area contributed by atoms with Crippen molar-refractivity contribution in [3.63, 3.8) is 0 Å². The maximum atomic E-state index is 12.5. The molecule has 1 fully saturated rings. The summed E-state index contributed by atoms with van der Waals surface area (Å²) in [5, 5.41) is 7.20. The number of amides is 1. The van der Waals surface area contributed by atoms with Crippen molar-refractivity contribution >= 4 is 28.3 Å². The minimum atomic E-state index is -0.234. The fourth-order valence-electron chi connectivity index (χ4n) is 2.47. The number of nitrogens with zero attached hydrogens (tertiary/aromatic N) is 2. The number of hydrogen-bond donors (Lipinski definition) is 2. The first-order valence-electron chi connectivity index (χ1n) is 7.68. The lowest BCUT2D eigenvalue weighted by Gasteiger charge is -2.09. The molecular formula is C18H16N4O. The molecule has 0 saturated heterocycles. The molecule has 5 heteroatoms. The lowest BCUT2D eigenvalue weighted by atomic mass is 10.2. The number of carbonyl (C=O) groups is 1. The van der Waals surface area contributed by atoms with E-state index in [1.165, 1.54) is 12.8 Å². The van der Waals surface area contributed by atoms with Gasteiger partial charge < -0.3 is 10.6 Å². The highest BCUT2D eigenvalue weighted by Gasteiger charge is 2.21. The van der Waals surface area contributed by atoms with Gasteiger partial charge in [-0.1, -0.05) is 24.3 Å². The van der Waals surface area contributed by atoms with Crippen LogP contribution >= 0.6 is 0 Å². The summed E-state index contributed by atoms with van der Waals surface area (Å²) < 4.78 is 0. The minimum absolute atomic E-state index is 0.234. The maximum absolute atomic E-state index is 12.5. The number of hydrogen-bond acceptors (Lipinski definition) is 4. The quantitative estimate of drug-likeness (QED) is 0.774. The van der Waals surface area contributed by atoms with E-state index < -0.39 is 0 Å². The van der Waals surface area contributed by atoms with Gasteiger partial charge in [0.1, 0.15) is 11.5 Å². The Morgan fingerprint density at radius 1 is 1.04 bits per heavy atom. The van der Waals surface area contributed by atoms with E-state index in [0.29, 0.717) is 17.4 Å². The number of anilines is 2. The second-order valence-corrected chi connectivity index (χ2v) is 5.66. The molecule has 1 aromatic carbocycles. The zero-order chi connectivity index (χ0) is 15.6. The summed E-state index contributed by atoms with van der Waals surface area (Å²) in [6.45, 7) is 0. The lowest BCUT2D eigenvalue weighted by Crippen LogP contribution is -2.15. The minimum Gasteiger partial charge on any atom is -0.367 e. The summed E-state index contributed by atoms with van der Waals surface area (Å²) in [4.78, 5) is 21.2. The Morgan fingerprint density at radius 2 is 1.87 bits per heavy atom. The van der Waals surface area contributed by atoms with Gasteiger partial charge in [-0.25, -0.2) is 4.98 Å². The molecule has 0 aliphatic heterocycles. The van der Waals surface area contributed by atoms with Gasteiger partial charge in [-0.15, -0.1) is 0 Å². The third-order valence-corrected chi connectivity index (χ3v) is 3.79. The zero-order valence-corrected chi connectivity index (χ0v) is 12.5. The second kappa shape index (κ2) is 5.68. The first kappa shape index (κ1) is 13.7. The average Bonchev–Trinajstić information content (AvgIpc) is 3.39. The van der Waals surface area contributed by atoms with Crippen LogP contribution in [0.5, 0.6) is 0 Å². The highest BCUT2D eigenvalue weighted by Crippen LogP contribution is 2.24. The highest BCUT2D eigenvalue weighted by molar-refractivity contribution is 6.07. The van der Waals surface area contributed by atoms with Crippen LogP contribution in [0.4, 0.5) is 11.5 Å². The lowest BCUT2D eigenvalue weighted by molar-refractivity contribution is 0.102. The van der Waals surface area contributed by atoms with Crippen LogP contribution in [0.1, 0.15) is 23.3 Å². The van der Waals surface area contributed by atoms with Gasteiger partial charge in [0.2, 0.25) is 0 Å². The van der Waals surface area contributed by atoms with E-state index in [4.69, 9.17) is 0 Å². The number of carbonyl (C=O) groups excluding carboxylic acids is 1. The van der Waals surface area contributed by atoms with Crippen molar-refractivity contribution < 1.29 is 4.79 Å². The van der Waals surface area contributed by atoms with Gasteiger partial charge in [0, 0.05) is 17.6 Å². The van der Waals surface area contributed by atoms with Crippen molar-refractivity contribution in [2.45, 2.75) is 18.9 Å². The van der Waals surface area contributed by atoms with Gasteiger partial charge in [0.15, 0.2) is 0 Å². The van der Waals surface area contributed by atoms with E-state index in [1.807, 2.05) is 42.5 Å². The van der Waals surface area contributed by atoms with Crippen molar-refractivity contribution in [3.05, 3.63) is 60.4 Å². The van der Waals surface area contributed by atoms with Crippen LogP contribution < -0.4 is 10.6 Å². The van der Waals surface area contributed by atoms with Crippen LogP contribution in [-0.2, 0) is 0 Å². The number of aromatic nitrogens is 2. The first-order chi connectivity index (χ1) is 11.3. The van der Waals surface area contributed by atoms with Crippen LogP contribution in [0.3, 0.4) is 0 Å². The van der Waals surface area contributed by atoms with E-state index in [1.54, 1.807) is 12.3 Å². The molecule has 0 bridgehead atoms. The van der Waals surface area contributed by atoms with Crippen molar-refractivity contribution in [1.29, 1.82) is 0 Å². The summed E-state index contributed by atoms with van der Waals surface area (Å²) in [5.74, 6) is 0.513. The number of nitrogens with one attached hydrogen (secondary N) is 2. The Hall–Kier alpha value is -2.95. The Morgan fingerprint density at radius 3 is 2.74 bits per heavy atom. The van der Waals surface area contributed by atoms with Gasteiger partial charge in [0.05, 0.1) is 11.2 Å². The second-order valence-electron chi connectivity index (χ2n) is 5.66. The monoisotopic (exact) mass is 304 g/mol. The summed E-state index contributed by atoms with van der Waals surface area (Å²) >= 11 is 0. The van der Waals surface area contributed by atoms with E-state index >= 15 is 0 Å². The SMILES string of the molecule is O=C(Nc1cccc2cccnc12)c1cccc(NC2CC2)n1. The summed E-state index contributed by atoms with van der Waals surface area (Å²) in [7, 11) is 0. The average molecular weight is 304 g/mol. The molecule has 5 nitrogen and oxygen atoms in total. The molecule has 23 heavy (non-hydrogen) atoms. The molecule has 0 spiro atoms. The molecular weight excluding hydrogens is 288 g/mol. The molecule has 1 saturated carbocycles. The molecule has 3 aromatic rings. The van der Waals surface area contributed by atoms with Gasteiger partial charge in [0.25, 0.3) is 5.91 Å². The standard InChI is InChI=1S/C18H16N4O/c23-18(15-7-2-8-16(21-15)20-13-9-10-13)22-14-6-1-4-12-5-3-11-19-17(12)14/h1-8,11,13H,9-10H2,(H,20,21)(H,22,23). The van der Waals surface area contributed by atoms with Gasteiger partial charge in [-0.05, 0) is 37.1 Å². The van der Waals surface area contributed by atoms with Crippen LogP contribution in [-0.4, -0.2) is 21.9 Å². The molecule has 1 aliphatic rings. The van der Waals surface area contributed by atoms with Crippen molar-refractivity contribution in [2.75, 3.05) is 10.6 Å². The highest BCUT2D eigenvalue weighted by atomic mass is 16.1. The molecule has 0 radical (unpaired) electrons. The smallest absolute Gasteiger partial charge is 0.274 e. The Labute approximate surface area is 133 Å². The van der Waals surface area contributed by atoms with E-state index in [-0.39, 0.29) is 5.91 Å². The molecule has 0 unspecified atom stereocenters. The zero-order valence-electron chi connectivity index (χ0n) is 12.5. The third kappa shape index (κ3) is 2.99. The molecule has 114 valence electrons. The topological polar surface area (TPSA) is 66.9 Å². The number of rotatable bonds is 4. The molecule has 1 amide bonds. The van der Waals surface area contributed by atoms with E-state index in [9.17, 15) is 4.79 Å².